The number of nitrogens with one attached hydrogen (secondary N) is 1. The molecule has 0 aromatic heterocycles. The van der Waals surface area contributed by atoms with Crippen molar-refractivity contribution in [1.82, 2.24) is 10.2 Å². The van der Waals surface area contributed by atoms with Crippen LogP contribution in [0.2, 0.25) is 0 Å². The Morgan fingerprint density at radius 3 is 2.38 bits per heavy atom. The first-order chi connectivity index (χ1) is 11.4. The van der Waals surface area contributed by atoms with Crippen molar-refractivity contribution in [2.45, 2.75) is 76.3 Å². The molecule has 2 N–H and O–H groups in total. The summed E-state index contributed by atoms with van der Waals surface area (Å²) in [5.41, 5.74) is -1.15. The summed E-state index contributed by atoms with van der Waals surface area (Å²) in [6.07, 6.45) is 7.12. The lowest BCUT2D eigenvalue weighted by Gasteiger charge is -2.37. The molecule has 3 rings (SSSR count). The number of hydrogen-bond donors (Lipinski definition) is 2. The minimum atomic E-state index is -1.15. The van der Waals surface area contributed by atoms with Crippen LogP contribution in [0.4, 0.5) is 0 Å². The first kappa shape index (κ1) is 17.2. The van der Waals surface area contributed by atoms with Gasteiger partial charge in [0.15, 0.2) is 0 Å². The molecule has 1 atom stereocenters. The maximum absolute atomic E-state index is 12.7. The summed E-state index contributed by atoms with van der Waals surface area (Å²) in [6, 6.07) is 0.277. The van der Waals surface area contributed by atoms with Crippen molar-refractivity contribution in [2.75, 3.05) is 6.54 Å². The smallest absolute Gasteiger partial charge is 0.329 e. The highest BCUT2D eigenvalue weighted by Crippen LogP contribution is 2.34. The molecule has 2 aliphatic carbocycles. The van der Waals surface area contributed by atoms with Crippen LogP contribution in [0.1, 0.15) is 64.7 Å². The van der Waals surface area contributed by atoms with Crippen LogP contribution in [0.15, 0.2) is 0 Å². The highest BCUT2D eigenvalue weighted by molar-refractivity contribution is 5.92. The Morgan fingerprint density at radius 1 is 1.17 bits per heavy atom. The molecule has 0 aromatic rings. The zero-order valence-electron chi connectivity index (χ0n) is 14.4. The molecule has 0 bridgehead atoms. The van der Waals surface area contributed by atoms with Gasteiger partial charge in [0.25, 0.3) is 0 Å². The molecule has 0 radical (unpaired) electrons. The molecule has 134 valence electrons. The van der Waals surface area contributed by atoms with Crippen molar-refractivity contribution < 1.29 is 19.5 Å². The van der Waals surface area contributed by atoms with Crippen molar-refractivity contribution in [2.24, 2.45) is 11.8 Å². The van der Waals surface area contributed by atoms with E-state index in [4.69, 9.17) is 0 Å². The van der Waals surface area contributed by atoms with E-state index < -0.39 is 17.4 Å². The molecule has 1 heterocycles. The third kappa shape index (κ3) is 3.28. The first-order valence-corrected chi connectivity index (χ1v) is 9.26. The number of carbonyl (C=O) groups excluding carboxylic acids is 2. The monoisotopic (exact) mass is 336 g/mol. The number of carboxylic acid groups (broad SMARTS) is 1. The van der Waals surface area contributed by atoms with Gasteiger partial charge in [-0.15, -0.1) is 0 Å². The fourth-order valence-corrected chi connectivity index (χ4v) is 4.46. The number of nitrogens with zero attached hydrogens (tertiary/aromatic N) is 1. The van der Waals surface area contributed by atoms with Crippen molar-refractivity contribution >= 4 is 17.8 Å². The molecule has 0 spiro atoms. The van der Waals surface area contributed by atoms with Crippen LogP contribution in [0.5, 0.6) is 0 Å². The zero-order chi connectivity index (χ0) is 17.3. The second-order valence-electron chi connectivity index (χ2n) is 7.94. The lowest BCUT2D eigenvalue weighted by Crippen LogP contribution is -2.57. The van der Waals surface area contributed by atoms with E-state index in [9.17, 15) is 19.5 Å². The maximum atomic E-state index is 12.7. The summed E-state index contributed by atoms with van der Waals surface area (Å²) >= 11 is 0. The van der Waals surface area contributed by atoms with Gasteiger partial charge in [-0.05, 0) is 44.4 Å². The van der Waals surface area contributed by atoms with Gasteiger partial charge in [-0.25, -0.2) is 4.79 Å². The van der Waals surface area contributed by atoms with Crippen LogP contribution in [-0.4, -0.2) is 45.9 Å². The Bertz CT molecular complexity index is 519. The molecule has 2 saturated carbocycles. The molecule has 1 unspecified atom stereocenters. The first-order valence-electron chi connectivity index (χ1n) is 9.26. The third-order valence-electron chi connectivity index (χ3n) is 6.19. The van der Waals surface area contributed by atoms with Crippen molar-refractivity contribution in [3.05, 3.63) is 0 Å². The van der Waals surface area contributed by atoms with Gasteiger partial charge in [-0.2, -0.15) is 0 Å². The predicted octanol–water partition coefficient (Wildman–Crippen LogP) is 1.93. The van der Waals surface area contributed by atoms with Crippen LogP contribution in [0.25, 0.3) is 0 Å². The fraction of sp³-hybridized carbons (Fsp3) is 0.833. The second-order valence-corrected chi connectivity index (χ2v) is 7.94. The Kier molecular flexibility index (Phi) is 4.83. The third-order valence-corrected chi connectivity index (χ3v) is 6.19. The zero-order valence-corrected chi connectivity index (χ0v) is 14.4. The van der Waals surface area contributed by atoms with E-state index >= 15 is 0 Å². The average molecular weight is 336 g/mol. The maximum Gasteiger partial charge on any atom is 0.329 e. The number of rotatable bonds is 4. The van der Waals surface area contributed by atoms with E-state index in [1.54, 1.807) is 0 Å². The Balaban J connectivity index is 1.63. The molecule has 24 heavy (non-hydrogen) atoms. The van der Waals surface area contributed by atoms with Crippen molar-refractivity contribution in [1.29, 1.82) is 0 Å². The van der Waals surface area contributed by atoms with Crippen LogP contribution < -0.4 is 5.32 Å². The van der Waals surface area contributed by atoms with Gasteiger partial charge in [0.2, 0.25) is 11.8 Å². The minimum absolute atomic E-state index is 0.0451. The minimum Gasteiger partial charge on any atom is -0.480 e. The number of aliphatic carboxylic acids is 1. The molecular formula is C18H28N2O4. The van der Waals surface area contributed by atoms with Crippen molar-refractivity contribution in [3.63, 3.8) is 0 Å². The molecule has 3 fully saturated rings. The van der Waals surface area contributed by atoms with Gasteiger partial charge in [0, 0.05) is 19.0 Å². The molecule has 1 aliphatic heterocycles. The highest BCUT2D eigenvalue weighted by Gasteiger charge is 2.45. The molecule has 1 saturated heterocycles. The van der Waals surface area contributed by atoms with Crippen LogP contribution >= 0.6 is 0 Å². The standard InChI is InChI=1S/C18H28N2O4/c1-12-6-8-18(9-7-12,17(23)24)19-16(22)13-10-15(21)20(11-13)14-4-2-3-5-14/h12-14H,2-11H2,1H3,(H,19,22)(H,23,24). The van der Waals surface area contributed by atoms with Gasteiger partial charge in [0.1, 0.15) is 5.54 Å². The van der Waals surface area contributed by atoms with Gasteiger partial charge < -0.3 is 15.3 Å². The van der Waals surface area contributed by atoms with E-state index in [1.165, 1.54) is 0 Å². The Hall–Kier alpha value is -1.59. The van der Waals surface area contributed by atoms with Gasteiger partial charge in [-0.3, -0.25) is 9.59 Å². The number of hydrogen-bond acceptors (Lipinski definition) is 3. The van der Waals surface area contributed by atoms with Gasteiger partial charge in [-0.1, -0.05) is 19.8 Å². The fourth-order valence-electron chi connectivity index (χ4n) is 4.46. The molecule has 6 nitrogen and oxygen atoms in total. The normalized spacial score (nSPS) is 34.5. The molecule has 6 heteroatoms. The molecule has 2 amide bonds. The topological polar surface area (TPSA) is 86.7 Å². The second kappa shape index (κ2) is 6.73. The number of amides is 2. The number of likely N-dealkylation sites (tertiary alicyclic amines) is 1. The average Bonchev–Trinajstić information content (AvgIpc) is 3.18. The number of carbonyl (C=O) groups is 3. The SMILES string of the molecule is CC1CCC(NC(=O)C2CC(=O)N(C3CCCC3)C2)(C(=O)O)CC1. The van der Waals surface area contributed by atoms with Gasteiger partial charge in [0.05, 0.1) is 5.92 Å². The lowest BCUT2D eigenvalue weighted by molar-refractivity contribution is -0.150. The molecular weight excluding hydrogens is 308 g/mol. The summed E-state index contributed by atoms with van der Waals surface area (Å²) in [6.45, 7) is 2.56. The summed E-state index contributed by atoms with van der Waals surface area (Å²) in [4.78, 5) is 38.5. The summed E-state index contributed by atoms with van der Waals surface area (Å²) < 4.78 is 0. The van der Waals surface area contributed by atoms with Crippen molar-refractivity contribution in [3.8, 4) is 0 Å². The van der Waals surface area contributed by atoms with Crippen LogP contribution in [-0.2, 0) is 14.4 Å². The molecule has 0 aromatic carbocycles. The van der Waals surface area contributed by atoms with Gasteiger partial charge >= 0.3 is 5.97 Å². The van der Waals surface area contributed by atoms with E-state index in [-0.39, 0.29) is 24.3 Å². The summed E-state index contributed by atoms with van der Waals surface area (Å²) in [7, 11) is 0. The van der Waals surface area contributed by atoms with Crippen LogP contribution in [0, 0.1) is 11.8 Å². The molecule has 3 aliphatic rings. The van der Waals surface area contributed by atoms with E-state index in [0.717, 1.165) is 38.5 Å². The van der Waals surface area contributed by atoms with E-state index in [1.807, 2.05) is 4.90 Å². The Labute approximate surface area is 143 Å². The number of carboxylic acids is 1. The lowest BCUT2D eigenvalue weighted by atomic mass is 9.77. The van der Waals surface area contributed by atoms with E-state index in [2.05, 4.69) is 12.2 Å². The summed E-state index contributed by atoms with van der Waals surface area (Å²) in [5.74, 6) is -1.07. The predicted molar refractivity (Wildman–Crippen MR) is 88.2 cm³/mol. The van der Waals surface area contributed by atoms with Crippen LogP contribution in [0.3, 0.4) is 0 Å². The van der Waals surface area contributed by atoms with E-state index in [0.29, 0.717) is 25.3 Å². The largest absolute Gasteiger partial charge is 0.480 e. The highest BCUT2D eigenvalue weighted by atomic mass is 16.4. The Morgan fingerprint density at radius 2 is 1.79 bits per heavy atom. The quantitative estimate of drug-likeness (QED) is 0.821. The summed E-state index contributed by atoms with van der Waals surface area (Å²) in [5, 5.41) is 12.5.